The van der Waals surface area contributed by atoms with E-state index < -0.39 is 8.07 Å². The molecule has 63 heavy (non-hydrogen) atoms. The predicted octanol–water partition coefficient (Wildman–Crippen LogP) is 12.6. The van der Waals surface area contributed by atoms with Gasteiger partial charge in [-0.25, -0.2) is 0 Å². The molecule has 0 saturated heterocycles. The van der Waals surface area contributed by atoms with Gasteiger partial charge in [0, 0.05) is 32.9 Å². The number of para-hydroxylation sites is 1. The number of hydrogen-bond donors (Lipinski definition) is 0. The molecule has 0 fully saturated rings. The van der Waals surface area contributed by atoms with E-state index in [9.17, 15) is 0 Å². The summed E-state index contributed by atoms with van der Waals surface area (Å²) in [7, 11) is -2.74. The van der Waals surface area contributed by atoms with E-state index in [0.717, 1.165) is 11.4 Å². The van der Waals surface area contributed by atoms with Crippen LogP contribution in [0.25, 0.3) is 77.2 Å². The molecular weight excluding hydrogens is 777 g/mol. The topological polar surface area (TPSA) is 9.86 Å². The molecule has 0 aliphatic carbocycles. The highest BCUT2D eigenvalue weighted by Crippen LogP contribution is 2.39. The second-order valence-electron chi connectivity index (χ2n) is 16.5. The third-order valence-electron chi connectivity index (χ3n) is 13.1. The van der Waals surface area contributed by atoms with Crippen LogP contribution in [0.3, 0.4) is 0 Å². The lowest BCUT2D eigenvalue weighted by Crippen LogP contribution is -2.74. The molecule has 0 aliphatic heterocycles. The lowest BCUT2D eigenvalue weighted by atomic mass is 10.0. The molecule has 0 spiro atoms. The van der Waals surface area contributed by atoms with Crippen molar-refractivity contribution in [1.29, 1.82) is 0 Å². The molecule has 0 radical (unpaired) electrons. The summed E-state index contributed by atoms with van der Waals surface area (Å²) in [6, 6.07) is 94.2. The van der Waals surface area contributed by atoms with Crippen molar-refractivity contribution in [1.82, 2.24) is 9.13 Å². The maximum absolute atomic E-state index is 2.74. The van der Waals surface area contributed by atoms with Crippen LogP contribution in [-0.4, -0.2) is 17.2 Å². The van der Waals surface area contributed by atoms with Crippen molar-refractivity contribution < 1.29 is 0 Å². The monoisotopic (exact) mass is 818 g/mol. The molecule has 0 N–H and O–H groups in total. The zero-order chi connectivity index (χ0) is 41.7. The van der Waals surface area contributed by atoms with Crippen LogP contribution in [0.4, 0.5) is 0 Å². The first-order chi connectivity index (χ1) is 31.3. The standard InChI is InChI=1S/C60H42N2Si/c1-6-19-43(20-7-1)45-33-36-58-54(39-45)55-40-46(44-21-8-2-9-22-44)34-37-59(55)62(58)48-35-38-60-56(42-48)53-31-16-17-32-57(53)61(60)47-23-18-30-52(41-47)63(49-24-10-3-11-25-49,50-26-12-4-13-27-50)51-28-14-5-15-29-51/h1-42H. The fraction of sp³-hybridized carbons (Fsp3) is 0. The molecule has 2 aromatic heterocycles. The molecule has 3 heteroatoms. The zero-order valence-electron chi connectivity index (χ0n) is 34.6. The van der Waals surface area contributed by atoms with Crippen molar-refractivity contribution in [3.05, 3.63) is 255 Å². The van der Waals surface area contributed by atoms with E-state index in [1.165, 1.54) is 86.6 Å². The van der Waals surface area contributed by atoms with Crippen molar-refractivity contribution >= 4 is 72.4 Å². The van der Waals surface area contributed by atoms with Gasteiger partial charge < -0.3 is 9.13 Å². The number of fused-ring (bicyclic) bond motifs is 6. The molecule has 10 aromatic carbocycles. The van der Waals surface area contributed by atoms with Crippen LogP contribution in [0.1, 0.15) is 0 Å². The molecule has 296 valence electrons. The van der Waals surface area contributed by atoms with Gasteiger partial charge in [0.05, 0.1) is 22.1 Å². The normalized spacial score (nSPS) is 11.8. The van der Waals surface area contributed by atoms with E-state index in [4.69, 9.17) is 0 Å². The van der Waals surface area contributed by atoms with Gasteiger partial charge >= 0.3 is 0 Å². The van der Waals surface area contributed by atoms with Crippen LogP contribution in [-0.2, 0) is 0 Å². The van der Waals surface area contributed by atoms with Gasteiger partial charge in [0.15, 0.2) is 8.07 Å². The minimum Gasteiger partial charge on any atom is -0.309 e. The Hall–Kier alpha value is -7.98. The van der Waals surface area contributed by atoms with E-state index in [2.05, 4.69) is 264 Å². The van der Waals surface area contributed by atoms with Gasteiger partial charge in [-0.05, 0) is 104 Å². The highest BCUT2D eigenvalue weighted by atomic mass is 28.3. The van der Waals surface area contributed by atoms with Crippen molar-refractivity contribution in [2.75, 3.05) is 0 Å². The van der Waals surface area contributed by atoms with Crippen LogP contribution < -0.4 is 20.7 Å². The number of rotatable bonds is 8. The maximum atomic E-state index is 2.47. The number of aromatic nitrogens is 2. The van der Waals surface area contributed by atoms with Crippen molar-refractivity contribution in [2.45, 2.75) is 0 Å². The lowest BCUT2D eigenvalue weighted by molar-refractivity contribution is 1.17. The quantitative estimate of drug-likeness (QED) is 0.107. The van der Waals surface area contributed by atoms with Gasteiger partial charge in [-0.1, -0.05) is 194 Å². The van der Waals surface area contributed by atoms with E-state index in [-0.39, 0.29) is 0 Å². The van der Waals surface area contributed by atoms with Crippen molar-refractivity contribution in [3.8, 4) is 33.6 Å². The lowest BCUT2D eigenvalue weighted by Gasteiger charge is -2.34. The molecular formula is C60H42N2Si. The highest BCUT2D eigenvalue weighted by Gasteiger charge is 2.41. The van der Waals surface area contributed by atoms with Gasteiger partial charge in [0.1, 0.15) is 0 Å². The summed E-state index contributed by atoms with van der Waals surface area (Å²) in [5.74, 6) is 0. The first-order valence-corrected chi connectivity index (χ1v) is 23.8. The molecule has 2 heterocycles. The number of benzene rings is 10. The maximum Gasteiger partial charge on any atom is 0.179 e. The first kappa shape index (κ1) is 36.8. The predicted molar refractivity (Wildman–Crippen MR) is 270 cm³/mol. The average Bonchev–Trinajstić information content (AvgIpc) is 3.87. The summed E-state index contributed by atoms with van der Waals surface area (Å²) in [5.41, 5.74) is 11.9. The molecule has 0 saturated carbocycles. The second kappa shape index (κ2) is 15.2. The Labute approximate surface area is 368 Å². The van der Waals surface area contributed by atoms with Crippen LogP contribution in [0.2, 0.25) is 0 Å². The van der Waals surface area contributed by atoms with Crippen LogP contribution in [0.15, 0.2) is 255 Å². The van der Waals surface area contributed by atoms with Gasteiger partial charge in [0.2, 0.25) is 0 Å². The molecule has 12 rings (SSSR count). The van der Waals surface area contributed by atoms with Crippen LogP contribution in [0.5, 0.6) is 0 Å². The van der Waals surface area contributed by atoms with E-state index >= 15 is 0 Å². The van der Waals surface area contributed by atoms with Gasteiger partial charge in [0.25, 0.3) is 0 Å². The van der Waals surface area contributed by atoms with Crippen LogP contribution in [0, 0.1) is 0 Å². The first-order valence-electron chi connectivity index (χ1n) is 21.8. The Morgan fingerprint density at radius 3 is 1.11 bits per heavy atom. The third kappa shape index (κ3) is 6.00. The summed E-state index contributed by atoms with van der Waals surface area (Å²) in [6.45, 7) is 0. The SMILES string of the molecule is c1ccc(-c2ccc3c(c2)c2cc(-c4ccccc4)ccc2n3-c2ccc3c(c2)c2ccccc2n3-c2cccc([Si](c3ccccc3)(c3ccccc3)c3ccccc3)c2)cc1. The number of hydrogen-bond acceptors (Lipinski definition) is 0. The van der Waals surface area contributed by atoms with E-state index in [1.54, 1.807) is 0 Å². The third-order valence-corrected chi connectivity index (χ3v) is 17.8. The Bertz CT molecular complexity index is 3400. The summed E-state index contributed by atoms with van der Waals surface area (Å²) >= 11 is 0. The minimum absolute atomic E-state index is 1.14. The van der Waals surface area contributed by atoms with Gasteiger partial charge in [-0.3, -0.25) is 0 Å². The molecule has 12 aromatic rings. The summed E-state index contributed by atoms with van der Waals surface area (Å²) in [4.78, 5) is 0. The Balaban J connectivity index is 1.07. The molecule has 2 nitrogen and oxygen atoms in total. The second-order valence-corrected chi connectivity index (χ2v) is 20.3. The average molecular weight is 819 g/mol. The molecule has 0 bridgehead atoms. The molecule has 0 aliphatic rings. The zero-order valence-corrected chi connectivity index (χ0v) is 35.6. The summed E-state index contributed by atoms with van der Waals surface area (Å²) in [6.07, 6.45) is 0. The van der Waals surface area contributed by atoms with Gasteiger partial charge in [-0.15, -0.1) is 0 Å². The fourth-order valence-electron chi connectivity index (χ4n) is 10.2. The van der Waals surface area contributed by atoms with E-state index in [1.807, 2.05) is 0 Å². The fourth-order valence-corrected chi connectivity index (χ4v) is 15.0. The Morgan fingerprint density at radius 1 is 0.222 bits per heavy atom. The molecule has 0 amide bonds. The summed E-state index contributed by atoms with van der Waals surface area (Å²) < 4.78 is 4.93. The van der Waals surface area contributed by atoms with Crippen molar-refractivity contribution in [3.63, 3.8) is 0 Å². The highest BCUT2D eigenvalue weighted by molar-refractivity contribution is 7.19. The minimum atomic E-state index is -2.74. The smallest absolute Gasteiger partial charge is 0.179 e. The van der Waals surface area contributed by atoms with Crippen molar-refractivity contribution in [2.24, 2.45) is 0 Å². The molecule has 0 unspecified atom stereocenters. The Morgan fingerprint density at radius 2 is 0.603 bits per heavy atom. The largest absolute Gasteiger partial charge is 0.309 e. The number of nitrogens with zero attached hydrogens (tertiary/aromatic N) is 2. The Kier molecular flexibility index (Phi) is 8.87. The van der Waals surface area contributed by atoms with Crippen LogP contribution >= 0.6 is 0 Å². The van der Waals surface area contributed by atoms with Gasteiger partial charge in [-0.2, -0.15) is 0 Å². The van der Waals surface area contributed by atoms with E-state index in [0.29, 0.717) is 0 Å². The molecule has 0 atom stereocenters. The summed E-state index contributed by atoms with van der Waals surface area (Å²) in [5, 5.41) is 10.4.